The van der Waals surface area contributed by atoms with Gasteiger partial charge < -0.3 is 5.11 Å². The Balaban J connectivity index is 2.93. The molecule has 1 aromatic carbocycles. The fraction of sp³-hybridized carbons (Fsp3) is 0.462. The summed E-state index contributed by atoms with van der Waals surface area (Å²) in [5.74, 6) is 0. The minimum Gasteiger partial charge on any atom is -0.388 e. The lowest BCUT2D eigenvalue weighted by Gasteiger charge is -2.11. The number of hydrogen-bond acceptors (Lipinski definition) is 4. The van der Waals surface area contributed by atoms with Crippen molar-refractivity contribution in [2.75, 3.05) is 0 Å². The molecule has 96 valence electrons. The van der Waals surface area contributed by atoms with Crippen molar-refractivity contribution in [3.8, 4) is 6.07 Å². The summed E-state index contributed by atoms with van der Waals surface area (Å²) < 4.78 is 0. The van der Waals surface area contributed by atoms with Gasteiger partial charge in [-0.1, -0.05) is 26.2 Å². The van der Waals surface area contributed by atoms with E-state index in [1.807, 2.05) is 6.07 Å². The first-order chi connectivity index (χ1) is 8.60. The van der Waals surface area contributed by atoms with Crippen LogP contribution >= 0.6 is 0 Å². The number of nitro groups is 1. The summed E-state index contributed by atoms with van der Waals surface area (Å²) in [5, 5.41) is 29.6. The minimum atomic E-state index is -0.843. The fourth-order valence-electron chi connectivity index (χ4n) is 1.80. The van der Waals surface area contributed by atoms with Gasteiger partial charge in [0.1, 0.15) is 0 Å². The molecular weight excluding hydrogens is 232 g/mol. The predicted molar refractivity (Wildman–Crippen MR) is 66.9 cm³/mol. The number of aliphatic hydroxyl groups is 1. The summed E-state index contributed by atoms with van der Waals surface area (Å²) >= 11 is 0. The molecule has 0 spiro atoms. The molecule has 0 amide bonds. The van der Waals surface area contributed by atoms with Gasteiger partial charge in [0.25, 0.3) is 5.69 Å². The van der Waals surface area contributed by atoms with E-state index in [0.717, 1.165) is 19.3 Å². The third-order valence-corrected chi connectivity index (χ3v) is 2.80. The largest absolute Gasteiger partial charge is 0.388 e. The Morgan fingerprint density at radius 2 is 2.22 bits per heavy atom. The van der Waals surface area contributed by atoms with Gasteiger partial charge in [-0.25, -0.2) is 0 Å². The number of benzene rings is 1. The van der Waals surface area contributed by atoms with Crippen LogP contribution in [-0.4, -0.2) is 10.0 Å². The van der Waals surface area contributed by atoms with E-state index in [0.29, 0.717) is 6.42 Å². The normalized spacial score (nSPS) is 11.8. The van der Waals surface area contributed by atoms with Crippen LogP contribution in [0.4, 0.5) is 5.69 Å². The standard InChI is InChI=1S/C13H16N2O3/c1-2-3-4-5-13(16)11-7-6-10(9-14)8-12(11)15(17)18/h6-8,13,16H,2-5H2,1H3. The van der Waals surface area contributed by atoms with Crippen molar-refractivity contribution < 1.29 is 10.0 Å². The maximum Gasteiger partial charge on any atom is 0.276 e. The van der Waals surface area contributed by atoms with Crippen LogP contribution in [0.2, 0.25) is 0 Å². The Hall–Kier alpha value is -1.93. The van der Waals surface area contributed by atoms with Crippen LogP contribution in [0, 0.1) is 21.4 Å². The van der Waals surface area contributed by atoms with Gasteiger partial charge in [-0.05, 0) is 18.6 Å². The highest BCUT2D eigenvalue weighted by Crippen LogP contribution is 2.29. The molecule has 18 heavy (non-hydrogen) atoms. The number of nitrogens with zero attached hydrogens (tertiary/aromatic N) is 2. The topological polar surface area (TPSA) is 87.2 Å². The number of hydrogen-bond donors (Lipinski definition) is 1. The fourth-order valence-corrected chi connectivity index (χ4v) is 1.80. The molecular formula is C13H16N2O3. The third kappa shape index (κ3) is 3.54. The van der Waals surface area contributed by atoms with E-state index < -0.39 is 11.0 Å². The van der Waals surface area contributed by atoms with Crippen molar-refractivity contribution in [3.05, 3.63) is 39.4 Å². The molecule has 1 atom stereocenters. The average Bonchev–Trinajstić information content (AvgIpc) is 2.38. The van der Waals surface area contributed by atoms with Crippen molar-refractivity contribution in [3.63, 3.8) is 0 Å². The van der Waals surface area contributed by atoms with E-state index in [9.17, 15) is 15.2 Å². The van der Waals surface area contributed by atoms with E-state index >= 15 is 0 Å². The van der Waals surface area contributed by atoms with Gasteiger partial charge in [0.2, 0.25) is 0 Å². The van der Waals surface area contributed by atoms with Crippen molar-refractivity contribution >= 4 is 5.69 Å². The third-order valence-electron chi connectivity index (χ3n) is 2.80. The summed E-state index contributed by atoms with van der Waals surface area (Å²) in [5.41, 5.74) is 0.333. The lowest BCUT2D eigenvalue weighted by molar-refractivity contribution is -0.386. The molecule has 0 bridgehead atoms. The van der Waals surface area contributed by atoms with Crippen LogP contribution in [0.1, 0.15) is 49.8 Å². The summed E-state index contributed by atoms with van der Waals surface area (Å²) in [6.45, 7) is 2.05. The Kier molecular flexibility index (Phi) is 5.28. The van der Waals surface area contributed by atoms with Crippen molar-refractivity contribution in [2.24, 2.45) is 0 Å². The molecule has 5 nitrogen and oxygen atoms in total. The molecule has 0 fully saturated rings. The summed E-state index contributed by atoms with van der Waals surface area (Å²) in [6, 6.07) is 6.02. The van der Waals surface area contributed by atoms with Crippen LogP contribution in [0.15, 0.2) is 18.2 Å². The first kappa shape index (κ1) is 14.1. The molecule has 5 heteroatoms. The minimum absolute atomic E-state index is 0.182. The summed E-state index contributed by atoms with van der Waals surface area (Å²) in [4.78, 5) is 10.4. The summed E-state index contributed by atoms with van der Waals surface area (Å²) in [7, 11) is 0. The Labute approximate surface area is 106 Å². The monoisotopic (exact) mass is 248 g/mol. The molecule has 0 aliphatic rings. The highest BCUT2D eigenvalue weighted by atomic mass is 16.6. The molecule has 1 rings (SSSR count). The molecule has 0 saturated carbocycles. The van der Waals surface area contributed by atoms with E-state index in [4.69, 9.17) is 5.26 Å². The first-order valence-corrected chi connectivity index (χ1v) is 5.96. The predicted octanol–water partition coefficient (Wildman–Crippen LogP) is 3.08. The smallest absolute Gasteiger partial charge is 0.276 e. The zero-order valence-electron chi connectivity index (χ0n) is 10.3. The molecule has 1 aromatic rings. The molecule has 0 radical (unpaired) electrons. The molecule has 0 saturated heterocycles. The van der Waals surface area contributed by atoms with Crippen LogP contribution < -0.4 is 0 Å². The zero-order valence-corrected chi connectivity index (χ0v) is 10.3. The van der Waals surface area contributed by atoms with Crippen molar-refractivity contribution in [1.29, 1.82) is 5.26 Å². The number of unbranched alkanes of at least 4 members (excludes halogenated alkanes) is 2. The van der Waals surface area contributed by atoms with Crippen LogP contribution in [-0.2, 0) is 0 Å². The number of aliphatic hydroxyl groups excluding tert-OH is 1. The van der Waals surface area contributed by atoms with Gasteiger partial charge in [-0.15, -0.1) is 0 Å². The average molecular weight is 248 g/mol. The van der Waals surface area contributed by atoms with Gasteiger partial charge in [0.05, 0.1) is 28.2 Å². The Morgan fingerprint density at radius 1 is 1.50 bits per heavy atom. The maximum absolute atomic E-state index is 10.9. The number of nitro benzene ring substituents is 1. The van der Waals surface area contributed by atoms with E-state index in [-0.39, 0.29) is 16.8 Å². The van der Waals surface area contributed by atoms with Gasteiger partial charge in [0.15, 0.2) is 0 Å². The number of rotatable bonds is 6. The maximum atomic E-state index is 10.9. The zero-order chi connectivity index (χ0) is 13.5. The molecule has 1 N–H and O–H groups in total. The van der Waals surface area contributed by atoms with Gasteiger partial charge >= 0.3 is 0 Å². The Morgan fingerprint density at radius 3 is 2.78 bits per heavy atom. The van der Waals surface area contributed by atoms with Gasteiger partial charge in [-0.3, -0.25) is 10.1 Å². The second-order valence-corrected chi connectivity index (χ2v) is 4.15. The van der Waals surface area contributed by atoms with Crippen LogP contribution in [0.3, 0.4) is 0 Å². The van der Waals surface area contributed by atoms with Crippen LogP contribution in [0.5, 0.6) is 0 Å². The van der Waals surface area contributed by atoms with Crippen molar-refractivity contribution in [2.45, 2.75) is 38.7 Å². The SMILES string of the molecule is CCCCCC(O)c1ccc(C#N)cc1[N+](=O)[O-]. The van der Waals surface area contributed by atoms with E-state index in [2.05, 4.69) is 6.92 Å². The number of nitriles is 1. The van der Waals surface area contributed by atoms with Crippen molar-refractivity contribution in [1.82, 2.24) is 0 Å². The molecule has 0 heterocycles. The second-order valence-electron chi connectivity index (χ2n) is 4.15. The highest BCUT2D eigenvalue weighted by molar-refractivity contribution is 5.48. The Bertz CT molecular complexity index is 466. The highest BCUT2D eigenvalue weighted by Gasteiger charge is 2.20. The quantitative estimate of drug-likeness (QED) is 0.476. The van der Waals surface area contributed by atoms with Crippen LogP contribution in [0.25, 0.3) is 0 Å². The molecule has 1 unspecified atom stereocenters. The van der Waals surface area contributed by atoms with Gasteiger partial charge in [0, 0.05) is 6.07 Å². The lowest BCUT2D eigenvalue weighted by atomic mass is 10.00. The molecule has 0 aliphatic carbocycles. The molecule has 0 aliphatic heterocycles. The second kappa shape index (κ2) is 6.72. The molecule has 0 aromatic heterocycles. The van der Waals surface area contributed by atoms with E-state index in [1.54, 1.807) is 0 Å². The van der Waals surface area contributed by atoms with E-state index in [1.165, 1.54) is 18.2 Å². The first-order valence-electron chi connectivity index (χ1n) is 5.96. The van der Waals surface area contributed by atoms with Gasteiger partial charge in [-0.2, -0.15) is 5.26 Å². The lowest BCUT2D eigenvalue weighted by Crippen LogP contribution is -2.03. The summed E-state index contributed by atoms with van der Waals surface area (Å²) in [6.07, 6.45) is 2.50.